The lowest BCUT2D eigenvalue weighted by molar-refractivity contribution is 0.125. The predicted molar refractivity (Wildman–Crippen MR) is 70.5 cm³/mol. The molecule has 2 aliphatic rings. The largest absolute Gasteiger partial charge is 0.314 e. The van der Waals surface area contributed by atoms with Gasteiger partial charge in [0.2, 0.25) is 0 Å². The van der Waals surface area contributed by atoms with Crippen LogP contribution < -0.4 is 5.32 Å². The van der Waals surface area contributed by atoms with Gasteiger partial charge in [-0.05, 0) is 62.3 Å². The van der Waals surface area contributed by atoms with E-state index >= 15 is 0 Å². The second-order valence-electron chi connectivity index (χ2n) is 7.03. The number of piperidine rings is 1. The second-order valence-corrected chi connectivity index (χ2v) is 7.03. The molecule has 0 radical (unpaired) electrons. The molecule has 1 atom stereocenters. The second kappa shape index (κ2) is 5.08. The Morgan fingerprint density at radius 3 is 2.06 bits per heavy atom. The van der Waals surface area contributed by atoms with Gasteiger partial charge in [0.05, 0.1) is 0 Å². The van der Waals surface area contributed by atoms with Gasteiger partial charge in [-0.15, -0.1) is 0 Å². The fraction of sp³-hybridized carbons (Fsp3) is 1.00. The Hall–Kier alpha value is -0.0400. The highest BCUT2D eigenvalue weighted by atomic mass is 14.9. The van der Waals surface area contributed by atoms with Gasteiger partial charge in [-0.2, -0.15) is 0 Å². The van der Waals surface area contributed by atoms with E-state index in [1.165, 1.54) is 51.5 Å². The zero-order valence-corrected chi connectivity index (χ0v) is 11.4. The van der Waals surface area contributed by atoms with E-state index in [2.05, 4.69) is 26.1 Å². The van der Waals surface area contributed by atoms with E-state index in [0.717, 1.165) is 17.9 Å². The van der Waals surface area contributed by atoms with Crippen molar-refractivity contribution in [2.45, 2.75) is 71.8 Å². The Morgan fingerprint density at radius 1 is 0.875 bits per heavy atom. The molecule has 0 aromatic carbocycles. The molecule has 0 bridgehead atoms. The van der Waals surface area contributed by atoms with Crippen molar-refractivity contribution < 1.29 is 0 Å². The molecular formula is C15H29N. The summed E-state index contributed by atoms with van der Waals surface area (Å²) in [5.74, 6) is 1.95. The van der Waals surface area contributed by atoms with Gasteiger partial charge in [-0.25, -0.2) is 0 Å². The minimum atomic E-state index is 0.533. The molecule has 1 heterocycles. The summed E-state index contributed by atoms with van der Waals surface area (Å²) in [5.41, 5.74) is 0.533. The topological polar surface area (TPSA) is 12.0 Å². The van der Waals surface area contributed by atoms with Crippen LogP contribution in [0.25, 0.3) is 0 Å². The standard InChI is InChI=1S/C15H29N/c1-15(2,3)13-9-7-12(8-10-13)14-6-4-5-11-16-14/h12-14,16H,4-11H2,1-3H3. The fourth-order valence-corrected chi connectivity index (χ4v) is 3.67. The minimum Gasteiger partial charge on any atom is -0.314 e. The van der Waals surface area contributed by atoms with Crippen LogP contribution in [0.1, 0.15) is 65.7 Å². The molecule has 1 N–H and O–H groups in total. The number of hydrogen-bond donors (Lipinski definition) is 1. The Labute approximate surface area is 101 Å². The first-order valence-corrected chi connectivity index (χ1v) is 7.31. The summed E-state index contributed by atoms with van der Waals surface area (Å²) in [4.78, 5) is 0. The summed E-state index contributed by atoms with van der Waals surface area (Å²) in [6.45, 7) is 8.51. The molecule has 1 heteroatoms. The molecule has 94 valence electrons. The zero-order valence-electron chi connectivity index (χ0n) is 11.4. The maximum Gasteiger partial charge on any atom is 0.00953 e. The SMILES string of the molecule is CC(C)(C)C1CCC(C2CCCCN2)CC1. The summed E-state index contributed by atoms with van der Waals surface area (Å²) >= 11 is 0. The van der Waals surface area contributed by atoms with Crippen molar-refractivity contribution in [2.75, 3.05) is 6.54 Å². The van der Waals surface area contributed by atoms with Gasteiger partial charge in [0.15, 0.2) is 0 Å². The van der Waals surface area contributed by atoms with Crippen molar-refractivity contribution in [1.82, 2.24) is 5.32 Å². The van der Waals surface area contributed by atoms with E-state index < -0.39 is 0 Å². The molecule has 2 rings (SSSR count). The van der Waals surface area contributed by atoms with Gasteiger partial charge in [0.25, 0.3) is 0 Å². The number of rotatable bonds is 1. The van der Waals surface area contributed by atoms with Crippen molar-refractivity contribution in [1.29, 1.82) is 0 Å². The van der Waals surface area contributed by atoms with Crippen LogP contribution in [0.2, 0.25) is 0 Å². The fourth-order valence-electron chi connectivity index (χ4n) is 3.67. The Kier molecular flexibility index (Phi) is 3.94. The van der Waals surface area contributed by atoms with Crippen molar-refractivity contribution in [3.05, 3.63) is 0 Å². The Morgan fingerprint density at radius 2 is 1.56 bits per heavy atom. The van der Waals surface area contributed by atoms with Crippen LogP contribution in [0, 0.1) is 17.3 Å². The molecule has 1 saturated carbocycles. The van der Waals surface area contributed by atoms with Crippen molar-refractivity contribution in [3.63, 3.8) is 0 Å². The van der Waals surface area contributed by atoms with E-state index in [9.17, 15) is 0 Å². The average molecular weight is 223 g/mol. The molecule has 0 spiro atoms. The molecular weight excluding hydrogens is 194 g/mol. The molecule has 16 heavy (non-hydrogen) atoms. The first-order chi connectivity index (χ1) is 7.57. The third-order valence-corrected chi connectivity index (χ3v) is 4.91. The Balaban J connectivity index is 1.80. The quantitative estimate of drug-likeness (QED) is 0.709. The summed E-state index contributed by atoms with van der Waals surface area (Å²) < 4.78 is 0. The number of nitrogens with one attached hydrogen (secondary N) is 1. The van der Waals surface area contributed by atoms with E-state index in [1.54, 1.807) is 0 Å². The summed E-state index contributed by atoms with van der Waals surface area (Å²) in [6.07, 6.45) is 10.2. The minimum absolute atomic E-state index is 0.533. The van der Waals surface area contributed by atoms with Crippen LogP contribution in [0.5, 0.6) is 0 Å². The van der Waals surface area contributed by atoms with Crippen LogP contribution in [0.15, 0.2) is 0 Å². The molecule has 0 aromatic heterocycles. The maximum atomic E-state index is 3.74. The molecule has 2 fully saturated rings. The molecule has 0 aromatic rings. The average Bonchev–Trinajstić information content (AvgIpc) is 2.29. The summed E-state index contributed by atoms with van der Waals surface area (Å²) in [6, 6.07) is 0.856. The highest BCUT2D eigenvalue weighted by molar-refractivity contribution is 4.87. The summed E-state index contributed by atoms with van der Waals surface area (Å²) in [5, 5.41) is 3.74. The lowest BCUT2D eigenvalue weighted by Crippen LogP contribution is -2.42. The molecule has 1 aliphatic heterocycles. The number of hydrogen-bond acceptors (Lipinski definition) is 1. The lowest BCUT2D eigenvalue weighted by atomic mass is 9.68. The van der Waals surface area contributed by atoms with E-state index in [1.807, 2.05) is 0 Å². The lowest BCUT2D eigenvalue weighted by Gasteiger charge is -2.40. The van der Waals surface area contributed by atoms with Gasteiger partial charge in [0.1, 0.15) is 0 Å². The van der Waals surface area contributed by atoms with E-state index in [0.29, 0.717) is 5.41 Å². The highest BCUT2D eigenvalue weighted by Crippen LogP contribution is 2.41. The highest BCUT2D eigenvalue weighted by Gasteiger charge is 2.32. The van der Waals surface area contributed by atoms with Crippen LogP contribution >= 0.6 is 0 Å². The van der Waals surface area contributed by atoms with Crippen LogP contribution in [-0.2, 0) is 0 Å². The maximum absolute atomic E-state index is 3.74. The Bertz CT molecular complexity index is 202. The normalized spacial score (nSPS) is 37.3. The van der Waals surface area contributed by atoms with Crippen LogP contribution in [0.4, 0.5) is 0 Å². The first kappa shape index (κ1) is 12.4. The predicted octanol–water partition coefficient (Wildman–Crippen LogP) is 3.98. The molecule has 1 aliphatic carbocycles. The van der Waals surface area contributed by atoms with Gasteiger partial charge in [-0.3, -0.25) is 0 Å². The van der Waals surface area contributed by atoms with Gasteiger partial charge in [0, 0.05) is 6.04 Å². The first-order valence-electron chi connectivity index (χ1n) is 7.31. The zero-order chi connectivity index (χ0) is 11.6. The van der Waals surface area contributed by atoms with Crippen molar-refractivity contribution in [3.8, 4) is 0 Å². The molecule has 1 nitrogen and oxygen atoms in total. The molecule has 0 amide bonds. The third kappa shape index (κ3) is 3.00. The summed E-state index contributed by atoms with van der Waals surface area (Å²) in [7, 11) is 0. The van der Waals surface area contributed by atoms with Crippen molar-refractivity contribution in [2.24, 2.45) is 17.3 Å². The van der Waals surface area contributed by atoms with Gasteiger partial charge in [-0.1, -0.05) is 27.2 Å². The van der Waals surface area contributed by atoms with E-state index in [-0.39, 0.29) is 0 Å². The monoisotopic (exact) mass is 223 g/mol. The van der Waals surface area contributed by atoms with E-state index in [4.69, 9.17) is 0 Å². The van der Waals surface area contributed by atoms with Crippen LogP contribution in [-0.4, -0.2) is 12.6 Å². The smallest absolute Gasteiger partial charge is 0.00953 e. The van der Waals surface area contributed by atoms with Gasteiger partial charge < -0.3 is 5.32 Å². The molecule has 1 saturated heterocycles. The van der Waals surface area contributed by atoms with Crippen LogP contribution in [0.3, 0.4) is 0 Å². The molecule has 1 unspecified atom stereocenters. The van der Waals surface area contributed by atoms with Crippen molar-refractivity contribution >= 4 is 0 Å². The van der Waals surface area contributed by atoms with Gasteiger partial charge >= 0.3 is 0 Å². The third-order valence-electron chi connectivity index (χ3n) is 4.91.